The molecule has 15 heavy (non-hydrogen) atoms. The third-order valence-electron chi connectivity index (χ3n) is 4.71. The molecule has 0 heterocycles. The van der Waals surface area contributed by atoms with Crippen LogP contribution in [0.15, 0.2) is 0 Å². The molecule has 0 radical (unpaired) electrons. The van der Waals surface area contributed by atoms with Crippen LogP contribution < -0.4 is 0 Å². The highest BCUT2D eigenvalue weighted by molar-refractivity contribution is 4.88. The Morgan fingerprint density at radius 3 is 1.47 bits per heavy atom. The van der Waals surface area contributed by atoms with Crippen molar-refractivity contribution in [3.05, 3.63) is 0 Å². The summed E-state index contributed by atoms with van der Waals surface area (Å²) in [6.07, 6.45) is 1.32. The highest BCUT2D eigenvalue weighted by Gasteiger charge is 2.39. The Bertz CT molecular complexity index is 184. The van der Waals surface area contributed by atoms with Crippen molar-refractivity contribution in [1.29, 1.82) is 0 Å². The molecule has 0 amide bonds. The van der Waals surface area contributed by atoms with Crippen molar-refractivity contribution in [3.8, 4) is 0 Å². The molecule has 92 valence electrons. The first kappa shape index (κ1) is 15.0. The van der Waals surface area contributed by atoms with E-state index in [2.05, 4.69) is 62.3 Å². The molecule has 0 aromatic rings. The fourth-order valence-electron chi connectivity index (χ4n) is 2.74. The Morgan fingerprint density at radius 1 is 0.800 bits per heavy atom. The van der Waals surface area contributed by atoms with E-state index in [9.17, 15) is 0 Å². The standard InChI is InChI=1S/C15H32/c1-11(2)10-14(6,7)13(5)15(8,9)12(3)4/h11-13H,10H2,1-9H3. The molecule has 0 aromatic heterocycles. The van der Waals surface area contributed by atoms with Gasteiger partial charge in [0, 0.05) is 0 Å². The summed E-state index contributed by atoms with van der Waals surface area (Å²) in [4.78, 5) is 0. The summed E-state index contributed by atoms with van der Waals surface area (Å²) < 4.78 is 0. The fraction of sp³-hybridized carbons (Fsp3) is 1.00. The van der Waals surface area contributed by atoms with E-state index in [-0.39, 0.29) is 0 Å². The zero-order valence-electron chi connectivity index (χ0n) is 12.4. The third-order valence-corrected chi connectivity index (χ3v) is 4.71. The molecule has 1 atom stereocenters. The van der Waals surface area contributed by atoms with Gasteiger partial charge in [-0.05, 0) is 35.0 Å². The SMILES string of the molecule is CC(C)CC(C)(C)C(C)C(C)(C)C(C)C. The Kier molecular flexibility index (Phi) is 4.89. The van der Waals surface area contributed by atoms with E-state index in [1.165, 1.54) is 6.42 Å². The van der Waals surface area contributed by atoms with Crippen LogP contribution in [0.4, 0.5) is 0 Å². The molecule has 0 aliphatic carbocycles. The van der Waals surface area contributed by atoms with Crippen LogP contribution in [0.5, 0.6) is 0 Å². The second-order valence-corrected chi connectivity index (χ2v) is 7.28. The van der Waals surface area contributed by atoms with Crippen molar-refractivity contribution in [3.63, 3.8) is 0 Å². The maximum Gasteiger partial charge on any atom is -0.0300 e. The normalized spacial score (nSPS) is 16.2. The Labute approximate surface area is 97.8 Å². The van der Waals surface area contributed by atoms with E-state index < -0.39 is 0 Å². The molecule has 1 unspecified atom stereocenters. The molecule has 0 aliphatic rings. The molecule has 0 aromatic carbocycles. The first-order valence-electron chi connectivity index (χ1n) is 6.51. The van der Waals surface area contributed by atoms with Gasteiger partial charge in [-0.2, -0.15) is 0 Å². The second kappa shape index (κ2) is 4.89. The number of rotatable bonds is 5. The topological polar surface area (TPSA) is 0 Å². The van der Waals surface area contributed by atoms with Gasteiger partial charge in [0.15, 0.2) is 0 Å². The quantitative estimate of drug-likeness (QED) is 0.574. The average Bonchev–Trinajstić information content (AvgIpc) is 2.00. The zero-order valence-corrected chi connectivity index (χ0v) is 12.4. The van der Waals surface area contributed by atoms with Crippen LogP contribution in [0.1, 0.15) is 68.7 Å². The second-order valence-electron chi connectivity index (χ2n) is 7.28. The molecule has 0 bridgehead atoms. The van der Waals surface area contributed by atoms with Gasteiger partial charge in [0.1, 0.15) is 0 Å². The van der Waals surface area contributed by atoms with Crippen LogP contribution >= 0.6 is 0 Å². The van der Waals surface area contributed by atoms with Gasteiger partial charge in [-0.25, -0.2) is 0 Å². The van der Waals surface area contributed by atoms with Gasteiger partial charge >= 0.3 is 0 Å². The lowest BCUT2D eigenvalue weighted by atomic mass is 9.59. The number of hydrogen-bond donors (Lipinski definition) is 0. The zero-order chi connectivity index (χ0) is 12.4. The van der Waals surface area contributed by atoms with Crippen LogP contribution in [0, 0.1) is 28.6 Å². The molecule has 0 heteroatoms. The van der Waals surface area contributed by atoms with Crippen LogP contribution in [-0.4, -0.2) is 0 Å². The average molecular weight is 212 g/mol. The largest absolute Gasteiger partial charge is 0.0628 e. The molecule has 0 saturated carbocycles. The summed E-state index contributed by atoms with van der Waals surface area (Å²) in [5, 5.41) is 0. The summed E-state index contributed by atoms with van der Waals surface area (Å²) in [6, 6.07) is 0. The summed E-state index contributed by atoms with van der Waals surface area (Å²) in [5.41, 5.74) is 0.875. The van der Waals surface area contributed by atoms with Crippen LogP contribution in [0.2, 0.25) is 0 Å². The lowest BCUT2D eigenvalue weighted by Crippen LogP contribution is -2.38. The molecular formula is C15H32. The predicted molar refractivity (Wildman–Crippen MR) is 71.0 cm³/mol. The fourth-order valence-corrected chi connectivity index (χ4v) is 2.74. The minimum absolute atomic E-state index is 0.429. The van der Waals surface area contributed by atoms with Crippen LogP contribution in [-0.2, 0) is 0 Å². The van der Waals surface area contributed by atoms with Crippen molar-refractivity contribution in [2.45, 2.75) is 68.7 Å². The van der Waals surface area contributed by atoms with Gasteiger partial charge in [0.05, 0.1) is 0 Å². The summed E-state index contributed by atoms with van der Waals surface area (Å²) in [5.74, 6) is 2.30. The number of hydrogen-bond acceptors (Lipinski definition) is 0. The van der Waals surface area contributed by atoms with E-state index in [0.717, 1.165) is 17.8 Å². The smallest absolute Gasteiger partial charge is 0.0300 e. The minimum atomic E-state index is 0.429. The molecule has 0 nitrogen and oxygen atoms in total. The van der Waals surface area contributed by atoms with E-state index in [4.69, 9.17) is 0 Å². The van der Waals surface area contributed by atoms with Crippen molar-refractivity contribution < 1.29 is 0 Å². The summed E-state index contributed by atoms with van der Waals surface area (Å²) in [7, 11) is 0. The molecule has 0 N–H and O–H groups in total. The lowest BCUT2D eigenvalue weighted by molar-refractivity contribution is 0.0346. The minimum Gasteiger partial charge on any atom is -0.0628 e. The third kappa shape index (κ3) is 3.81. The van der Waals surface area contributed by atoms with Crippen molar-refractivity contribution >= 4 is 0 Å². The summed E-state index contributed by atoms with van der Waals surface area (Å²) >= 11 is 0. The van der Waals surface area contributed by atoms with E-state index in [0.29, 0.717) is 10.8 Å². The van der Waals surface area contributed by atoms with Gasteiger partial charge in [-0.15, -0.1) is 0 Å². The van der Waals surface area contributed by atoms with Crippen molar-refractivity contribution in [1.82, 2.24) is 0 Å². The Hall–Kier alpha value is 0. The molecule has 0 spiro atoms. The first-order chi connectivity index (χ1) is 6.51. The monoisotopic (exact) mass is 212 g/mol. The van der Waals surface area contributed by atoms with E-state index in [1.807, 2.05) is 0 Å². The predicted octanol–water partition coefficient (Wildman–Crippen LogP) is 5.38. The van der Waals surface area contributed by atoms with Crippen LogP contribution in [0.25, 0.3) is 0 Å². The molecular weight excluding hydrogens is 180 g/mol. The Morgan fingerprint density at radius 2 is 1.20 bits per heavy atom. The van der Waals surface area contributed by atoms with Gasteiger partial charge in [-0.3, -0.25) is 0 Å². The van der Waals surface area contributed by atoms with Gasteiger partial charge in [0.2, 0.25) is 0 Å². The molecule has 0 fully saturated rings. The lowest BCUT2D eigenvalue weighted by Gasteiger charge is -2.46. The highest BCUT2D eigenvalue weighted by atomic mass is 14.4. The van der Waals surface area contributed by atoms with Crippen molar-refractivity contribution in [2.75, 3.05) is 0 Å². The molecule has 0 aliphatic heterocycles. The molecule has 0 saturated heterocycles. The first-order valence-corrected chi connectivity index (χ1v) is 6.51. The van der Waals surface area contributed by atoms with Gasteiger partial charge < -0.3 is 0 Å². The maximum absolute atomic E-state index is 2.43. The Balaban J connectivity index is 4.75. The maximum atomic E-state index is 2.43. The van der Waals surface area contributed by atoms with Gasteiger partial charge in [0.25, 0.3) is 0 Å². The molecule has 0 rings (SSSR count). The van der Waals surface area contributed by atoms with E-state index in [1.54, 1.807) is 0 Å². The van der Waals surface area contributed by atoms with Crippen molar-refractivity contribution in [2.24, 2.45) is 28.6 Å². The van der Waals surface area contributed by atoms with Crippen LogP contribution in [0.3, 0.4) is 0 Å². The summed E-state index contributed by atoms with van der Waals surface area (Å²) in [6.45, 7) is 21.5. The van der Waals surface area contributed by atoms with Gasteiger partial charge in [-0.1, -0.05) is 62.3 Å². The van der Waals surface area contributed by atoms with E-state index >= 15 is 0 Å². The highest BCUT2D eigenvalue weighted by Crippen LogP contribution is 2.47.